The molecule has 6 nitrogen and oxygen atoms in total. The Bertz CT molecular complexity index is 793. The Kier molecular flexibility index (Phi) is 6.37. The minimum atomic E-state index is -0.300. The Morgan fingerprint density at radius 3 is 2.78 bits per heavy atom. The number of para-hydroxylation sites is 1. The fourth-order valence-electron chi connectivity index (χ4n) is 3.58. The van der Waals surface area contributed by atoms with E-state index in [9.17, 15) is 9.59 Å². The van der Waals surface area contributed by atoms with Crippen LogP contribution in [-0.4, -0.2) is 25.0 Å². The summed E-state index contributed by atoms with van der Waals surface area (Å²) in [5.74, 6) is 1.17. The molecule has 0 bridgehead atoms. The van der Waals surface area contributed by atoms with Gasteiger partial charge in [0, 0.05) is 11.3 Å². The molecule has 1 aromatic carbocycles. The van der Waals surface area contributed by atoms with Crippen LogP contribution in [0, 0.1) is 5.92 Å². The van der Waals surface area contributed by atoms with E-state index in [-0.39, 0.29) is 30.3 Å². The molecule has 0 radical (unpaired) electrons. The summed E-state index contributed by atoms with van der Waals surface area (Å²) >= 11 is 0. The topological polar surface area (TPSA) is 80.6 Å². The number of benzene rings is 1. The first-order chi connectivity index (χ1) is 13.1. The van der Waals surface area contributed by atoms with Gasteiger partial charge in [-0.05, 0) is 38.8 Å². The highest BCUT2D eigenvalue weighted by Crippen LogP contribution is 2.31. The average Bonchev–Trinajstić information content (AvgIpc) is 3.12. The maximum absolute atomic E-state index is 12.2. The van der Waals surface area contributed by atoms with Gasteiger partial charge in [0.05, 0.1) is 19.2 Å². The molecule has 146 valence electrons. The zero-order valence-electron chi connectivity index (χ0n) is 16.0. The summed E-state index contributed by atoms with van der Waals surface area (Å²) in [6, 6.07) is 7.33. The third kappa shape index (κ3) is 4.81. The number of furan rings is 1. The molecule has 27 heavy (non-hydrogen) atoms. The molecule has 1 saturated carbocycles. The van der Waals surface area contributed by atoms with E-state index in [0.717, 1.165) is 31.1 Å². The Morgan fingerprint density at radius 2 is 2.04 bits per heavy atom. The molecule has 1 heterocycles. The van der Waals surface area contributed by atoms with Crippen molar-refractivity contribution in [3.8, 4) is 5.75 Å². The molecule has 6 heteroatoms. The van der Waals surface area contributed by atoms with Gasteiger partial charge in [-0.1, -0.05) is 31.4 Å². The highest BCUT2D eigenvalue weighted by molar-refractivity contribution is 5.86. The van der Waals surface area contributed by atoms with E-state index in [1.807, 2.05) is 38.1 Å². The van der Waals surface area contributed by atoms with Crippen molar-refractivity contribution in [2.75, 3.05) is 13.2 Å². The number of carbonyl (C=O) groups is 2. The molecule has 1 aromatic heterocycles. The van der Waals surface area contributed by atoms with Crippen LogP contribution in [0.2, 0.25) is 0 Å². The molecule has 2 aromatic rings. The molecule has 2 N–H and O–H groups in total. The number of amides is 2. The van der Waals surface area contributed by atoms with Crippen molar-refractivity contribution in [3.05, 3.63) is 30.0 Å². The zero-order valence-corrected chi connectivity index (χ0v) is 16.0. The molecule has 0 spiro atoms. The van der Waals surface area contributed by atoms with Gasteiger partial charge in [0.2, 0.25) is 11.8 Å². The second-order valence-electron chi connectivity index (χ2n) is 7.10. The zero-order chi connectivity index (χ0) is 19.2. The predicted molar refractivity (Wildman–Crippen MR) is 104 cm³/mol. The molecule has 1 fully saturated rings. The first-order valence-electron chi connectivity index (χ1n) is 9.80. The van der Waals surface area contributed by atoms with E-state index >= 15 is 0 Å². The van der Waals surface area contributed by atoms with Crippen LogP contribution < -0.4 is 15.4 Å². The van der Waals surface area contributed by atoms with E-state index < -0.39 is 0 Å². The van der Waals surface area contributed by atoms with E-state index in [1.54, 1.807) is 0 Å². The van der Waals surface area contributed by atoms with Crippen LogP contribution in [0.25, 0.3) is 11.0 Å². The van der Waals surface area contributed by atoms with Gasteiger partial charge in [0.1, 0.15) is 5.76 Å². The van der Waals surface area contributed by atoms with Crippen LogP contribution in [0.1, 0.15) is 57.8 Å². The lowest BCUT2D eigenvalue weighted by molar-refractivity contribution is -0.129. The number of fused-ring (bicyclic) bond motifs is 1. The number of ether oxygens (including phenoxy) is 1. The molecule has 0 unspecified atom stereocenters. The van der Waals surface area contributed by atoms with Gasteiger partial charge in [0.25, 0.3) is 0 Å². The van der Waals surface area contributed by atoms with Gasteiger partial charge in [-0.3, -0.25) is 9.59 Å². The van der Waals surface area contributed by atoms with Crippen LogP contribution >= 0.6 is 0 Å². The van der Waals surface area contributed by atoms with Crippen LogP contribution in [-0.2, 0) is 9.59 Å². The summed E-state index contributed by atoms with van der Waals surface area (Å²) in [7, 11) is 0. The van der Waals surface area contributed by atoms with Crippen molar-refractivity contribution in [2.45, 2.75) is 52.0 Å². The number of hydrogen-bond acceptors (Lipinski definition) is 4. The minimum absolute atomic E-state index is 0.00982. The van der Waals surface area contributed by atoms with Crippen LogP contribution in [0.3, 0.4) is 0 Å². The maximum atomic E-state index is 12.2. The molecule has 1 aliphatic rings. The normalized spacial score (nSPS) is 16.1. The Balaban J connectivity index is 1.55. The number of carbonyl (C=O) groups excluding carboxylic acids is 2. The second kappa shape index (κ2) is 8.93. The van der Waals surface area contributed by atoms with Crippen molar-refractivity contribution < 1.29 is 18.7 Å². The van der Waals surface area contributed by atoms with Crippen molar-refractivity contribution in [1.82, 2.24) is 10.6 Å². The monoisotopic (exact) mass is 372 g/mol. The van der Waals surface area contributed by atoms with Crippen LogP contribution in [0.15, 0.2) is 28.7 Å². The molecule has 3 rings (SSSR count). The Morgan fingerprint density at radius 1 is 1.26 bits per heavy atom. The summed E-state index contributed by atoms with van der Waals surface area (Å²) in [4.78, 5) is 24.4. The van der Waals surface area contributed by atoms with E-state index in [0.29, 0.717) is 23.7 Å². The summed E-state index contributed by atoms with van der Waals surface area (Å²) < 4.78 is 11.5. The molecule has 1 aliphatic carbocycles. The lowest BCUT2D eigenvalue weighted by Crippen LogP contribution is -2.40. The smallest absolute Gasteiger partial charge is 0.239 e. The summed E-state index contributed by atoms with van der Waals surface area (Å²) in [5, 5.41) is 6.57. The van der Waals surface area contributed by atoms with Gasteiger partial charge in [-0.15, -0.1) is 0 Å². The van der Waals surface area contributed by atoms with Gasteiger partial charge in [-0.2, -0.15) is 0 Å². The SMILES string of the molecule is CCOc1cccc2cc([C@H](C)NC(=O)CNC(=O)C3CCCCC3)oc12. The van der Waals surface area contributed by atoms with Gasteiger partial charge < -0.3 is 19.8 Å². The van der Waals surface area contributed by atoms with Crippen LogP contribution in [0.4, 0.5) is 0 Å². The highest BCUT2D eigenvalue weighted by Gasteiger charge is 2.22. The summed E-state index contributed by atoms with van der Waals surface area (Å²) in [6.45, 7) is 4.33. The van der Waals surface area contributed by atoms with Crippen molar-refractivity contribution in [2.24, 2.45) is 5.92 Å². The minimum Gasteiger partial charge on any atom is -0.490 e. The fourth-order valence-corrected chi connectivity index (χ4v) is 3.58. The molecular weight excluding hydrogens is 344 g/mol. The van der Waals surface area contributed by atoms with E-state index in [2.05, 4.69) is 10.6 Å². The highest BCUT2D eigenvalue weighted by atomic mass is 16.5. The van der Waals surface area contributed by atoms with Gasteiger partial charge in [-0.25, -0.2) is 0 Å². The van der Waals surface area contributed by atoms with Crippen LogP contribution in [0.5, 0.6) is 5.75 Å². The molecule has 2 amide bonds. The van der Waals surface area contributed by atoms with E-state index in [1.165, 1.54) is 6.42 Å². The maximum Gasteiger partial charge on any atom is 0.239 e. The largest absolute Gasteiger partial charge is 0.490 e. The number of hydrogen-bond donors (Lipinski definition) is 2. The first-order valence-corrected chi connectivity index (χ1v) is 9.80. The quantitative estimate of drug-likeness (QED) is 0.776. The predicted octanol–water partition coefficient (Wildman–Crippen LogP) is 3.71. The Labute approximate surface area is 159 Å². The lowest BCUT2D eigenvalue weighted by atomic mass is 9.89. The molecule has 0 saturated heterocycles. The molecule has 0 aliphatic heterocycles. The van der Waals surface area contributed by atoms with E-state index in [4.69, 9.17) is 9.15 Å². The third-order valence-corrected chi connectivity index (χ3v) is 5.03. The van der Waals surface area contributed by atoms with Gasteiger partial charge in [0.15, 0.2) is 11.3 Å². The number of rotatable bonds is 7. The third-order valence-electron chi connectivity index (χ3n) is 5.03. The second-order valence-corrected chi connectivity index (χ2v) is 7.10. The number of nitrogens with one attached hydrogen (secondary N) is 2. The first kappa shape index (κ1) is 19.3. The van der Waals surface area contributed by atoms with Crippen molar-refractivity contribution in [3.63, 3.8) is 0 Å². The average molecular weight is 372 g/mol. The Hall–Kier alpha value is -2.50. The summed E-state index contributed by atoms with van der Waals surface area (Å²) in [5.41, 5.74) is 0.682. The molecular formula is C21H28N2O4. The van der Waals surface area contributed by atoms with Crippen molar-refractivity contribution in [1.29, 1.82) is 0 Å². The standard InChI is InChI=1S/C21H28N2O4/c1-3-26-17-11-7-10-16-12-18(27-20(16)17)14(2)23-19(24)13-22-21(25)15-8-5-4-6-9-15/h7,10-12,14-15H,3-6,8-9,13H2,1-2H3,(H,22,25)(H,23,24)/t14-/m0/s1. The van der Waals surface area contributed by atoms with Gasteiger partial charge >= 0.3 is 0 Å². The molecule has 1 atom stereocenters. The lowest BCUT2D eigenvalue weighted by Gasteiger charge is -2.20. The summed E-state index contributed by atoms with van der Waals surface area (Å²) in [6.07, 6.45) is 5.23. The fraction of sp³-hybridized carbons (Fsp3) is 0.524. The van der Waals surface area contributed by atoms with Crippen molar-refractivity contribution >= 4 is 22.8 Å².